The van der Waals surface area contributed by atoms with Crippen LogP contribution in [0.1, 0.15) is 89.0 Å². The van der Waals surface area contributed by atoms with Gasteiger partial charge in [0.25, 0.3) is 0 Å². The minimum Gasteiger partial charge on any atom is -0.387 e. The second-order valence-corrected chi connectivity index (χ2v) is 10.2. The van der Waals surface area contributed by atoms with Crippen molar-refractivity contribution in [2.45, 2.75) is 85.2 Å². The van der Waals surface area contributed by atoms with Crippen molar-refractivity contribution in [1.82, 2.24) is 4.90 Å². The molecule has 1 atom stereocenters. The third kappa shape index (κ3) is 7.48. The summed E-state index contributed by atoms with van der Waals surface area (Å²) < 4.78 is 0. The first-order valence-corrected chi connectivity index (χ1v) is 12.4. The lowest BCUT2D eigenvalue weighted by atomic mass is 9.84. The van der Waals surface area contributed by atoms with Crippen LogP contribution < -0.4 is 0 Å². The summed E-state index contributed by atoms with van der Waals surface area (Å²) in [5.74, 6) is 1.49. The Kier molecular flexibility index (Phi) is 10.8. The van der Waals surface area contributed by atoms with E-state index in [2.05, 4.69) is 62.9 Å². The van der Waals surface area contributed by atoms with Gasteiger partial charge in [-0.1, -0.05) is 58.0 Å². The smallest absolute Gasteiger partial charge is 0.0923 e. The largest absolute Gasteiger partial charge is 0.387 e. The van der Waals surface area contributed by atoms with Gasteiger partial charge < -0.3 is 10.0 Å². The Morgan fingerprint density at radius 2 is 1.45 bits per heavy atom. The van der Waals surface area contributed by atoms with E-state index in [0.29, 0.717) is 0 Å². The van der Waals surface area contributed by atoms with Gasteiger partial charge >= 0.3 is 0 Å². The molecule has 0 aliphatic heterocycles. The van der Waals surface area contributed by atoms with Gasteiger partial charge in [-0.3, -0.25) is 0 Å². The number of aliphatic hydroxyl groups excluding tert-OH is 1. The highest BCUT2D eigenvalue weighted by molar-refractivity contribution is 5.90. The van der Waals surface area contributed by atoms with Gasteiger partial charge in [-0.05, 0) is 104 Å². The number of rotatable bonds is 11. The Hall–Kier alpha value is -1.09. The standard InChI is InChI=1S/C28H43NO.ClH/c1-21(2)11-9-17-29(18-10-12-22(3)4)20-28(30)27-19-23-13-5-6-14-24(23)25-15-7-8-16-26(25)27;/h7-8,15-16,19,21-22,28,30H,5-6,9-14,17-18,20H2,1-4H3;1H. The number of nitrogens with zero attached hydrogens (tertiary/aromatic N) is 1. The van der Waals surface area contributed by atoms with Gasteiger partial charge in [-0.2, -0.15) is 0 Å². The molecule has 31 heavy (non-hydrogen) atoms. The molecule has 1 N–H and O–H groups in total. The van der Waals surface area contributed by atoms with Crippen molar-refractivity contribution < 1.29 is 5.11 Å². The van der Waals surface area contributed by atoms with Gasteiger partial charge in [-0.15, -0.1) is 12.4 Å². The number of hydrogen-bond acceptors (Lipinski definition) is 2. The van der Waals surface area contributed by atoms with Crippen LogP contribution >= 0.6 is 12.4 Å². The highest BCUT2D eigenvalue weighted by Gasteiger charge is 2.21. The fourth-order valence-electron chi connectivity index (χ4n) is 5.02. The minimum absolute atomic E-state index is 0. The normalized spacial score (nSPS) is 14.8. The SMILES string of the molecule is CC(C)CCCN(CCCC(C)C)CC(O)c1cc2c(c3ccccc13)CCCC2.Cl. The van der Waals surface area contributed by atoms with Crippen molar-refractivity contribution in [2.75, 3.05) is 19.6 Å². The van der Waals surface area contributed by atoms with E-state index in [4.69, 9.17) is 0 Å². The predicted octanol–water partition coefficient (Wildman–Crippen LogP) is 7.35. The Morgan fingerprint density at radius 3 is 2.06 bits per heavy atom. The number of hydrogen-bond donors (Lipinski definition) is 1. The molecule has 3 heteroatoms. The topological polar surface area (TPSA) is 23.5 Å². The molecule has 0 radical (unpaired) electrons. The molecule has 0 amide bonds. The van der Waals surface area contributed by atoms with Gasteiger partial charge in [0.2, 0.25) is 0 Å². The molecule has 174 valence electrons. The van der Waals surface area contributed by atoms with E-state index in [1.165, 1.54) is 66.8 Å². The zero-order valence-electron chi connectivity index (χ0n) is 20.2. The molecule has 0 saturated heterocycles. The highest BCUT2D eigenvalue weighted by Crippen LogP contribution is 2.34. The molecule has 2 aromatic rings. The molecule has 2 aromatic carbocycles. The van der Waals surface area contributed by atoms with Gasteiger partial charge in [-0.25, -0.2) is 0 Å². The summed E-state index contributed by atoms with van der Waals surface area (Å²) in [6.45, 7) is 12.1. The average Bonchev–Trinajstić information content (AvgIpc) is 2.72. The average molecular weight is 446 g/mol. The molecular weight excluding hydrogens is 402 g/mol. The van der Waals surface area contributed by atoms with Crippen LogP contribution in [-0.4, -0.2) is 29.6 Å². The first-order valence-electron chi connectivity index (χ1n) is 12.4. The maximum atomic E-state index is 11.4. The van der Waals surface area contributed by atoms with E-state index in [1.54, 1.807) is 0 Å². The van der Waals surface area contributed by atoms with E-state index in [9.17, 15) is 5.11 Å². The lowest BCUT2D eigenvalue weighted by molar-refractivity contribution is 0.110. The molecule has 1 aliphatic rings. The number of aliphatic hydroxyl groups is 1. The zero-order chi connectivity index (χ0) is 21.5. The van der Waals surface area contributed by atoms with Crippen LogP contribution in [-0.2, 0) is 12.8 Å². The van der Waals surface area contributed by atoms with Crippen LogP contribution in [0, 0.1) is 11.8 Å². The van der Waals surface area contributed by atoms with E-state index >= 15 is 0 Å². The summed E-state index contributed by atoms with van der Waals surface area (Å²) >= 11 is 0. The summed E-state index contributed by atoms with van der Waals surface area (Å²) in [7, 11) is 0. The fraction of sp³-hybridized carbons (Fsp3) is 0.643. The van der Waals surface area contributed by atoms with Crippen LogP contribution in [0.25, 0.3) is 10.8 Å². The van der Waals surface area contributed by atoms with Gasteiger partial charge in [0.1, 0.15) is 0 Å². The Balaban J connectivity index is 0.00000341. The minimum atomic E-state index is -0.416. The van der Waals surface area contributed by atoms with E-state index in [0.717, 1.165) is 43.5 Å². The zero-order valence-corrected chi connectivity index (χ0v) is 21.0. The summed E-state index contributed by atoms with van der Waals surface area (Å²) in [4.78, 5) is 2.52. The van der Waals surface area contributed by atoms with Crippen molar-refractivity contribution in [3.05, 3.63) is 47.0 Å². The number of benzene rings is 2. The predicted molar refractivity (Wildman–Crippen MR) is 137 cm³/mol. The van der Waals surface area contributed by atoms with Crippen molar-refractivity contribution in [2.24, 2.45) is 11.8 Å². The molecule has 0 heterocycles. The molecule has 0 fully saturated rings. The third-order valence-electron chi connectivity index (χ3n) is 6.71. The van der Waals surface area contributed by atoms with Gasteiger partial charge in [0, 0.05) is 6.54 Å². The van der Waals surface area contributed by atoms with Crippen LogP contribution in [0.5, 0.6) is 0 Å². The Bertz CT molecular complexity index is 787. The summed E-state index contributed by atoms with van der Waals surface area (Å²) in [6.07, 6.45) is 9.45. The first kappa shape index (κ1) is 26.2. The quantitative estimate of drug-likeness (QED) is 0.390. The molecule has 0 aromatic heterocycles. The number of halogens is 1. The fourth-order valence-corrected chi connectivity index (χ4v) is 5.02. The number of aryl methyl sites for hydroxylation is 2. The van der Waals surface area contributed by atoms with Crippen LogP contribution in [0.15, 0.2) is 30.3 Å². The van der Waals surface area contributed by atoms with Gasteiger partial charge in [0.15, 0.2) is 0 Å². The lowest BCUT2D eigenvalue weighted by Crippen LogP contribution is -2.31. The van der Waals surface area contributed by atoms with Crippen molar-refractivity contribution in [3.8, 4) is 0 Å². The lowest BCUT2D eigenvalue weighted by Gasteiger charge is -2.28. The third-order valence-corrected chi connectivity index (χ3v) is 6.71. The maximum absolute atomic E-state index is 11.4. The molecule has 0 bridgehead atoms. The second-order valence-electron chi connectivity index (χ2n) is 10.2. The molecular formula is C28H44ClNO. The summed E-state index contributed by atoms with van der Waals surface area (Å²) in [5, 5.41) is 14.0. The monoisotopic (exact) mass is 445 g/mol. The molecule has 1 aliphatic carbocycles. The molecule has 0 saturated carbocycles. The van der Waals surface area contributed by atoms with Crippen LogP contribution in [0.2, 0.25) is 0 Å². The van der Waals surface area contributed by atoms with Crippen LogP contribution in [0.4, 0.5) is 0 Å². The first-order chi connectivity index (χ1) is 14.5. The highest BCUT2D eigenvalue weighted by atomic mass is 35.5. The van der Waals surface area contributed by atoms with Crippen molar-refractivity contribution in [1.29, 1.82) is 0 Å². The molecule has 1 unspecified atom stereocenters. The maximum Gasteiger partial charge on any atom is 0.0923 e. The molecule has 2 nitrogen and oxygen atoms in total. The van der Waals surface area contributed by atoms with E-state index < -0.39 is 6.10 Å². The van der Waals surface area contributed by atoms with Gasteiger partial charge in [0.05, 0.1) is 6.10 Å². The van der Waals surface area contributed by atoms with E-state index in [1.807, 2.05) is 0 Å². The second kappa shape index (κ2) is 12.8. The van der Waals surface area contributed by atoms with E-state index in [-0.39, 0.29) is 12.4 Å². The summed E-state index contributed by atoms with van der Waals surface area (Å²) in [5.41, 5.74) is 4.14. The molecule has 3 rings (SSSR count). The Morgan fingerprint density at radius 1 is 0.871 bits per heavy atom. The molecule has 0 spiro atoms. The Labute approximate surface area is 196 Å². The number of fused-ring (bicyclic) bond motifs is 3. The van der Waals surface area contributed by atoms with Crippen molar-refractivity contribution in [3.63, 3.8) is 0 Å². The van der Waals surface area contributed by atoms with Crippen molar-refractivity contribution >= 4 is 23.2 Å². The van der Waals surface area contributed by atoms with Crippen LogP contribution in [0.3, 0.4) is 0 Å². The summed E-state index contributed by atoms with van der Waals surface area (Å²) in [6, 6.07) is 11.1.